The molecule has 1 saturated carbocycles. The molecule has 0 aliphatic heterocycles. The van der Waals surface area contributed by atoms with Gasteiger partial charge < -0.3 is 10.6 Å². The van der Waals surface area contributed by atoms with Crippen molar-refractivity contribution in [2.24, 2.45) is 0 Å². The summed E-state index contributed by atoms with van der Waals surface area (Å²) in [5.41, 5.74) is 0. The van der Waals surface area contributed by atoms with Crippen LogP contribution in [0.3, 0.4) is 0 Å². The average molecular weight is 295 g/mol. The van der Waals surface area contributed by atoms with Crippen LogP contribution in [0.25, 0.3) is 0 Å². The maximum atomic E-state index is 11.5. The lowest BCUT2D eigenvalue weighted by Gasteiger charge is -2.05. The third-order valence-electron chi connectivity index (χ3n) is 2.72. The van der Waals surface area contributed by atoms with Crippen LogP contribution in [0, 0.1) is 11.3 Å². The van der Waals surface area contributed by atoms with Crippen molar-refractivity contribution in [2.45, 2.75) is 37.0 Å². The lowest BCUT2D eigenvalue weighted by Crippen LogP contribution is -2.26. The minimum atomic E-state index is -0.115. The zero-order valence-electron chi connectivity index (χ0n) is 11.1. The monoisotopic (exact) mass is 295 g/mol. The Kier molecular flexibility index (Phi) is 5.76. The predicted octanol–water partition coefficient (Wildman–Crippen LogP) is -0.453. The van der Waals surface area contributed by atoms with Crippen molar-refractivity contribution in [1.82, 2.24) is 30.8 Å². The second-order valence-electron chi connectivity index (χ2n) is 4.46. The summed E-state index contributed by atoms with van der Waals surface area (Å²) in [5, 5.41) is 26.5. The average Bonchev–Trinajstić information content (AvgIpc) is 3.15. The molecule has 8 nitrogen and oxygen atoms in total. The van der Waals surface area contributed by atoms with Crippen molar-refractivity contribution in [3.8, 4) is 6.07 Å². The van der Waals surface area contributed by atoms with Gasteiger partial charge in [0.1, 0.15) is 0 Å². The van der Waals surface area contributed by atoms with Crippen LogP contribution in [0.4, 0.5) is 0 Å². The normalized spacial score (nSPS) is 13.9. The fourth-order valence-corrected chi connectivity index (χ4v) is 2.27. The van der Waals surface area contributed by atoms with Crippen LogP contribution in [-0.4, -0.2) is 51.0 Å². The van der Waals surface area contributed by atoms with Crippen LogP contribution in [0.1, 0.15) is 19.3 Å². The highest BCUT2D eigenvalue weighted by Crippen LogP contribution is 2.18. The Balaban J connectivity index is 1.67. The number of hydrogen-bond acceptors (Lipinski definition) is 7. The maximum Gasteiger partial charge on any atom is 0.230 e. The van der Waals surface area contributed by atoms with E-state index in [1.807, 2.05) is 6.07 Å². The summed E-state index contributed by atoms with van der Waals surface area (Å²) in [6.07, 6.45) is 2.82. The van der Waals surface area contributed by atoms with Gasteiger partial charge in [0.2, 0.25) is 11.1 Å². The van der Waals surface area contributed by atoms with Crippen molar-refractivity contribution in [1.29, 1.82) is 5.26 Å². The molecule has 9 heteroatoms. The molecular formula is C11H17N7OS. The van der Waals surface area contributed by atoms with Crippen LogP contribution in [0.2, 0.25) is 0 Å². The molecule has 108 valence electrons. The van der Waals surface area contributed by atoms with Crippen LogP contribution >= 0.6 is 11.8 Å². The molecule has 1 aliphatic rings. The summed E-state index contributed by atoms with van der Waals surface area (Å²) in [4.78, 5) is 11.5. The molecule has 0 bridgehead atoms. The zero-order chi connectivity index (χ0) is 14.2. The van der Waals surface area contributed by atoms with E-state index < -0.39 is 0 Å². The van der Waals surface area contributed by atoms with Crippen LogP contribution < -0.4 is 10.6 Å². The van der Waals surface area contributed by atoms with Gasteiger partial charge in [-0.25, -0.2) is 4.68 Å². The van der Waals surface area contributed by atoms with Gasteiger partial charge >= 0.3 is 0 Å². The summed E-state index contributed by atoms with van der Waals surface area (Å²) in [6, 6.07) is 2.63. The van der Waals surface area contributed by atoms with Gasteiger partial charge in [0.15, 0.2) is 0 Å². The molecule has 0 atom stereocenters. The van der Waals surface area contributed by atoms with Crippen molar-refractivity contribution in [3.05, 3.63) is 0 Å². The summed E-state index contributed by atoms with van der Waals surface area (Å²) in [7, 11) is 0. The zero-order valence-corrected chi connectivity index (χ0v) is 11.9. The molecule has 1 aliphatic carbocycles. The van der Waals surface area contributed by atoms with Gasteiger partial charge in [-0.1, -0.05) is 11.8 Å². The number of nitrogens with zero attached hydrogens (tertiary/aromatic N) is 5. The van der Waals surface area contributed by atoms with E-state index in [2.05, 4.69) is 26.2 Å². The molecule has 0 unspecified atom stereocenters. The molecule has 2 rings (SSSR count). The van der Waals surface area contributed by atoms with Gasteiger partial charge in [-0.2, -0.15) is 5.26 Å². The summed E-state index contributed by atoms with van der Waals surface area (Å²) in [6.45, 7) is 1.91. The second-order valence-corrected chi connectivity index (χ2v) is 5.40. The topological polar surface area (TPSA) is 109 Å². The van der Waals surface area contributed by atoms with Crippen LogP contribution in [-0.2, 0) is 11.3 Å². The van der Waals surface area contributed by atoms with Gasteiger partial charge in [-0.15, -0.1) is 5.10 Å². The van der Waals surface area contributed by atoms with Crippen LogP contribution in [0.5, 0.6) is 0 Å². The number of carbonyl (C=O) groups excluding carboxylic acids is 1. The number of nitriles is 1. The number of nitrogens with one attached hydrogen (secondary N) is 2. The number of amides is 1. The molecule has 1 heterocycles. The Morgan fingerprint density at radius 1 is 1.50 bits per heavy atom. The number of carbonyl (C=O) groups is 1. The van der Waals surface area contributed by atoms with E-state index in [1.54, 1.807) is 4.68 Å². The molecule has 20 heavy (non-hydrogen) atoms. The molecule has 0 aromatic carbocycles. The molecule has 2 N–H and O–H groups in total. The Bertz CT molecular complexity index is 479. The molecule has 1 aromatic heterocycles. The van der Waals surface area contributed by atoms with E-state index in [4.69, 9.17) is 5.26 Å². The molecule has 1 fully saturated rings. The lowest BCUT2D eigenvalue weighted by atomic mass is 10.4. The largest absolute Gasteiger partial charge is 0.354 e. The van der Waals surface area contributed by atoms with Gasteiger partial charge in [-0.05, 0) is 23.3 Å². The van der Waals surface area contributed by atoms with Gasteiger partial charge in [-0.3, -0.25) is 4.79 Å². The number of hydrogen-bond donors (Lipinski definition) is 2. The minimum Gasteiger partial charge on any atom is -0.354 e. The highest BCUT2D eigenvalue weighted by molar-refractivity contribution is 7.99. The highest BCUT2D eigenvalue weighted by Gasteiger charge is 2.20. The quantitative estimate of drug-likeness (QED) is 0.469. The predicted molar refractivity (Wildman–Crippen MR) is 72.8 cm³/mol. The molecule has 0 spiro atoms. The number of tetrazole rings is 1. The van der Waals surface area contributed by atoms with E-state index in [1.165, 1.54) is 24.6 Å². The van der Waals surface area contributed by atoms with Gasteiger partial charge in [0.25, 0.3) is 0 Å². The van der Waals surface area contributed by atoms with Crippen molar-refractivity contribution in [3.63, 3.8) is 0 Å². The van der Waals surface area contributed by atoms with E-state index in [9.17, 15) is 4.79 Å². The second kappa shape index (κ2) is 7.81. The first kappa shape index (κ1) is 14.7. The van der Waals surface area contributed by atoms with Gasteiger partial charge in [0.05, 0.1) is 24.8 Å². The Hall–Kier alpha value is -1.66. The third-order valence-corrected chi connectivity index (χ3v) is 3.68. The molecular weight excluding hydrogens is 278 g/mol. The molecule has 1 amide bonds. The third kappa shape index (κ3) is 5.14. The fraction of sp³-hybridized carbons (Fsp3) is 0.727. The minimum absolute atomic E-state index is 0.115. The first-order valence-corrected chi connectivity index (χ1v) is 7.54. The van der Waals surface area contributed by atoms with Crippen molar-refractivity contribution >= 4 is 17.7 Å². The number of rotatable bonds is 9. The summed E-state index contributed by atoms with van der Waals surface area (Å²) in [5.74, 6) is 0.137. The summed E-state index contributed by atoms with van der Waals surface area (Å²) < 4.78 is 1.70. The number of thioether (sulfide) groups is 1. The smallest absolute Gasteiger partial charge is 0.230 e. The van der Waals surface area contributed by atoms with E-state index >= 15 is 0 Å². The summed E-state index contributed by atoms with van der Waals surface area (Å²) >= 11 is 1.30. The number of aromatic nitrogens is 4. The molecule has 0 saturated heterocycles. The molecule has 1 aromatic rings. The standard InChI is InChI=1S/C11H17N7OS/c12-4-1-5-14-10(19)8-20-11-15-16-17-18(11)7-6-13-9-2-3-9/h9,13H,1-3,5-8H2,(H,14,19). The molecule has 0 radical (unpaired) electrons. The Morgan fingerprint density at radius 2 is 2.35 bits per heavy atom. The van der Waals surface area contributed by atoms with E-state index in [0.717, 1.165) is 6.54 Å². The fourth-order valence-electron chi connectivity index (χ4n) is 1.54. The van der Waals surface area contributed by atoms with Crippen molar-refractivity contribution < 1.29 is 4.79 Å². The SMILES string of the molecule is N#CCCNC(=O)CSc1nnnn1CCNC1CC1. The Labute approximate surface area is 121 Å². The van der Waals surface area contributed by atoms with Crippen LogP contribution in [0.15, 0.2) is 5.16 Å². The van der Waals surface area contributed by atoms with Gasteiger partial charge in [0, 0.05) is 19.1 Å². The lowest BCUT2D eigenvalue weighted by molar-refractivity contribution is -0.118. The highest BCUT2D eigenvalue weighted by atomic mass is 32.2. The van der Waals surface area contributed by atoms with E-state index in [-0.39, 0.29) is 11.7 Å². The van der Waals surface area contributed by atoms with Crippen molar-refractivity contribution in [2.75, 3.05) is 18.8 Å². The maximum absolute atomic E-state index is 11.5. The Morgan fingerprint density at radius 3 is 3.10 bits per heavy atom. The van der Waals surface area contributed by atoms with E-state index in [0.29, 0.717) is 30.7 Å². The first-order chi connectivity index (χ1) is 9.79. The first-order valence-electron chi connectivity index (χ1n) is 6.55.